The van der Waals surface area contributed by atoms with Gasteiger partial charge in [0, 0.05) is 5.69 Å². The molecule has 2 heterocycles. The molecule has 2 aromatic carbocycles. The molecular weight excluding hydrogens is 450 g/mol. The van der Waals surface area contributed by atoms with Gasteiger partial charge in [-0.15, -0.1) is 10.2 Å². The average molecular weight is 478 g/mol. The lowest BCUT2D eigenvalue weighted by Gasteiger charge is -2.19. The van der Waals surface area contributed by atoms with E-state index in [1.54, 1.807) is 0 Å². The highest BCUT2D eigenvalue weighted by molar-refractivity contribution is 7.98. The third kappa shape index (κ3) is 5.93. The Labute approximate surface area is 202 Å². The van der Waals surface area contributed by atoms with E-state index in [2.05, 4.69) is 63.4 Å². The molecule has 176 valence electrons. The molecule has 2 aromatic heterocycles. The molecule has 4 aromatic rings. The van der Waals surface area contributed by atoms with Crippen molar-refractivity contribution in [2.24, 2.45) is 0 Å². The Bertz CT molecular complexity index is 1240. The number of nitrogens with zero attached hydrogens (tertiary/aromatic N) is 6. The zero-order valence-corrected chi connectivity index (χ0v) is 20.1. The lowest BCUT2D eigenvalue weighted by molar-refractivity contribution is 0.291. The van der Waals surface area contributed by atoms with Gasteiger partial charge in [0.15, 0.2) is 5.82 Å². The van der Waals surface area contributed by atoms with Gasteiger partial charge >= 0.3 is 0 Å². The predicted octanol–water partition coefficient (Wildman–Crippen LogP) is 3.67. The topological polar surface area (TPSA) is 143 Å². The smallest absolute Gasteiger partial charge is 0.232 e. The molecule has 0 amide bonds. The van der Waals surface area contributed by atoms with E-state index >= 15 is 0 Å². The Morgan fingerprint density at radius 3 is 2.41 bits per heavy atom. The van der Waals surface area contributed by atoms with Crippen molar-refractivity contribution in [2.45, 2.75) is 43.7 Å². The van der Waals surface area contributed by atoms with E-state index in [1.807, 2.05) is 42.5 Å². The zero-order valence-electron chi connectivity index (χ0n) is 19.3. The molecule has 0 bridgehead atoms. The standard InChI is InChI=1S/C23H27N9OS/c1-23(2,3)15-9-11-17(12-10-15)33-13-19-30-31-22(32(19)25)34-14-18-27-20(24)29-21(28-18)26-16-7-5-4-6-8-16/h4-12H,13-14,25H2,1-3H3,(H3,24,26,27,28,29). The normalized spacial score (nSPS) is 11.4. The second-order valence-corrected chi connectivity index (χ2v) is 9.49. The van der Waals surface area contributed by atoms with Crippen LogP contribution in [0, 0.1) is 0 Å². The number of para-hydroxylation sites is 1. The number of nitrogens with one attached hydrogen (secondary N) is 1. The van der Waals surface area contributed by atoms with E-state index < -0.39 is 0 Å². The molecule has 0 spiro atoms. The summed E-state index contributed by atoms with van der Waals surface area (Å²) >= 11 is 1.34. The van der Waals surface area contributed by atoms with Crippen molar-refractivity contribution in [1.29, 1.82) is 0 Å². The minimum absolute atomic E-state index is 0.0870. The Hall–Kier alpha value is -3.86. The van der Waals surface area contributed by atoms with Crippen molar-refractivity contribution in [1.82, 2.24) is 29.8 Å². The fourth-order valence-corrected chi connectivity index (χ4v) is 3.77. The van der Waals surface area contributed by atoms with Crippen molar-refractivity contribution in [2.75, 3.05) is 16.9 Å². The molecule has 10 nitrogen and oxygen atoms in total. The molecule has 0 aliphatic carbocycles. The Kier molecular flexibility index (Phi) is 6.82. The van der Waals surface area contributed by atoms with Gasteiger partial charge in [-0.25, -0.2) is 4.68 Å². The van der Waals surface area contributed by atoms with Crippen LogP contribution in [-0.2, 0) is 17.8 Å². The van der Waals surface area contributed by atoms with Gasteiger partial charge in [0.1, 0.15) is 18.2 Å². The van der Waals surface area contributed by atoms with Crippen LogP contribution >= 0.6 is 11.8 Å². The first kappa shape index (κ1) is 23.3. The first-order chi connectivity index (χ1) is 16.3. The minimum atomic E-state index is 0.0870. The number of hydrogen-bond donors (Lipinski definition) is 3. The molecule has 0 saturated heterocycles. The van der Waals surface area contributed by atoms with Crippen LogP contribution in [0.25, 0.3) is 0 Å². The Morgan fingerprint density at radius 2 is 1.71 bits per heavy atom. The summed E-state index contributed by atoms with van der Waals surface area (Å²) < 4.78 is 7.24. The number of aromatic nitrogens is 6. The van der Waals surface area contributed by atoms with Gasteiger partial charge < -0.3 is 21.6 Å². The third-order valence-electron chi connectivity index (χ3n) is 4.88. The van der Waals surface area contributed by atoms with E-state index in [-0.39, 0.29) is 18.0 Å². The van der Waals surface area contributed by atoms with Gasteiger partial charge in [0.2, 0.25) is 17.1 Å². The van der Waals surface area contributed by atoms with E-state index in [9.17, 15) is 0 Å². The van der Waals surface area contributed by atoms with Crippen LogP contribution in [0.2, 0.25) is 0 Å². The molecule has 0 unspecified atom stereocenters. The third-order valence-corrected chi connectivity index (χ3v) is 5.82. The molecule has 0 radical (unpaired) electrons. The van der Waals surface area contributed by atoms with Gasteiger partial charge in [-0.1, -0.05) is 62.9 Å². The lowest BCUT2D eigenvalue weighted by Crippen LogP contribution is -2.16. The molecule has 11 heteroatoms. The fraction of sp³-hybridized carbons (Fsp3) is 0.261. The van der Waals surface area contributed by atoms with E-state index in [0.717, 1.165) is 11.4 Å². The summed E-state index contributed by atoms with van der Waals surface area (Å²) in [5.74, 6) is 8.80. The summed E-state index contributed by atoms with van der Waals surface area (Å²) in [6.07, 6.45) is 0. The summed E-state index contributed by atoms with van der Waals surface area (Å²) in [6.45, 7) is 6.71. The highest BCUT2D eigenvalue weighted by Crippen LogP contribution is 2.25. The molecular formula is C23H27N9OS. The maximum atomic E-state index is 6.18. The average Bonchev–Trinajstić information content (AvgIpc) is 3.15. The number of anilines is 3. The van der Waals surface area contributed by atoms with Crippen LogP contribution in [0.1, 0.15) is 38.0 Å². The van der Waals surface area contributed by atoms with Crippen molar-refractivity contribution in [3.8, 4) is 5.75 Å². The summed E-state index contributed by atoms with van der Waals surface area (Å²) in [7, 11) is 0. The molecule has 0 saturated carbocycles. The van der Waals surface area contributed by atoms with Gasteiger partial charge in [-0.2, -0.15) is 15.0 Å². The SMILES string of the molecule is CC(C)(C)c1ccc(OCc2nnc(SCc3nc(N)nc(Nc4ccccc4)n3)n2N)cc1. The number of benzene rings is 2. The van der Waals surface area contributed by atoms with Gasteiger partial charge in [-0.05, 0) is 35.2 Å². The first-order valence-electron chi connectivity index (χ1n) is 10.7. The fourth-order valence-electron chi connectivity index (χ4n) is 3.04. The maximum Gasteiger partial charge on any atom is 0.232 e. The summed E-state index contributed by atoms with van der Waals surface area (Å²) in [5.41, 5.74) is 8.04. The first-order valence-corrected chi connectivity index (χ1v) is 11.6. The van der Waals surface area contributed by atoms with Gasteiger partial charge in [0.25, 0.3) is 0 Å². The number of thioether (sulfide) groups is 1. The summed E-state index contributed by atoms with van der Waals surface area (Å²) in [6, 6.07) is 17.6. The second-order valence-electron chi connectivity index (χ2n) is 8.55. The van der Waals surface area contributed by atoms with Gasteiger partial charge in [-0.3, -0.25) is 0 Å². The summed E-state index contributed by atoms with van der Waals surface area (Å²) in [4.78, 5) is 12.8. The second kappa shape index (κ2) is 9.96. The van der Waals surface area contributed by atoms with Crippen LogP contribution in [-0.4, -0.2) is 29.8 Å². The molecule has 5 N–H and O–H groups in total. The van der Waals surface area contributed by atoms with Crippen LogP contribution in [0.3, 0.4) is 0 Å². The number of hydrogen-bond acceptors (Lipinski definition) is 10. The minimum Gasteiger partial charge on any atom is -0.486 e. The molecule has 0 fully saturated rings. The number of ether oxygens (including phenoxy) is 1. The van der Waals surface area contributed by atoms with E-state index in [4.69, 9.17) is 16.3 Å². The number of nitrogens with two attached hydrogens (primary N) is 2. The lowest BCUT2D eigenvalue weighted by atomic mass is 9.87. The number of rotatable bonds is 8. The van der Waals surface area contributed by atoms with Crippen molar-refractivity contribution in [3.05, 3.63) is 71.8 Å². The van der Waals surface area contributed by atoms with Crippen molar-refractivity contribution in [3.63, 3.8) is 0 Å². The Morgan fingerprint density at radius 1 is 0.971 bits per heavy atom. The van der Waals surface area contributed by atoms with E-state index in [0.29, 0.717) is 28.5 Å². The van der Waals surface area contributed by atoms with E-state index in [1.165, 1.54) is 22.0 Å². The Balaban J connectivity index is 1.36. The number of nitrogen functional groups attached to an aromatic ring is 2. The highest BCUT2D eigenvalue weighted by Gasteiger charge is 2.15. The van der Waals surface area contributed by atoms with Crippen LogP contribution < -0.4 is 21.6 Å². The quantitative estimate of drug-likeness (QED) is 0.254. The molecule has 4 rings (SSSR count). The zero-order chi connectivity index (χ0) is 24.1. The van der Waals surface area contributed by atoms with Crippen LogP contribution in [0.5, 0.6) is 5.75 Å². The monoisotopic (exact) mass is 477 g/mol. The van der Waals surface area contributed by atoms with Crippen LogP contribution in [0.4, 0.5) is 17.6 Å². The highest BCUT2D eigenvalue weighted by atomic mass is 32.2. The maximum absolute atomic E-state index is 6.18. The largest absolute Gasteiger partial charge is 0.486 e. The summed E-state index contributed by atoms with van der Waals surface area (Å²) in [5, 5.41) is 11.9. The van der Waals surface area contributed by atoms with Crippen LogP contribution in [0.15, 0.2) is 59.8 Å². The molecule has 0 aliphatic rings. The van der Waals surface area contributed by atoms with Gasteiger partial charge in [0.05, 0.1) is 5.75 Å². The predicted molar refractivity (Wildman–Crippen MR) is 133 cm³/mol. The molecule has 0 atom stereocenters. The van der Waals surface area contributed by atoms with Crippen molar-refractivity contribution >= 4 is 29.3 Å². The van der Waals surface area contributed by atoms with Crippen molar-refractivity contribution < 1.29 is 4.74 Å². The molecule has 34 heavy (non-hydrogen) atoms. The molecule has 0 aliphatic heterocycles.